The van der Waals surface area contributed by atoms with Crippen molar-refractivity contribution >= 4 is 22.8 Å². The fourth-order valence-electron chi connectivity index (χ4n) is 5.32. The van der Waals surface area contributed by atoms with Crippen molar-refractivity contribution in [1.82, 2.24) is 30.2 Å². The van der Waals surface area contributed by atoms with Crippen molar-refractivity contribution in [3.63, 3.8) is 0 Å². The highest BCUT2D eigenvalue weighted by Crippen LogP contribution is 2.32. The first-order chi connectivity index (χ1) is 18.1. The van der Waals surface area contributed by atoms with Crippen molar-refractivity contribution < 1.29 is 10.0 Å². The summed E-state index contributed by atoms with van der Waals surface area (Å²) >= 11 is 0. The SMILES string of the molecule is CN1CCN(Cc2ccc(-c3ccc4[nH]c5c(c4c3)CCN(c3ncc(C(=O)NO)cn3)C5)cc2)CC1. The van der Waals surface area contributed by atoms with E-state index in [-0.39, 0.29) is 5.56 Å². The zero-order valence-electron chi connectivity index (χ0n) is 20.9. The van der Waals surface area contributed by atoms with Crippen LogP contribution >= 0.6 is 0 Å². The van der Waals surface area contributed by atoms with Crippen LogP contribution in [0.5, 0.6) is 0 Å². The van der Waals surface area contributed by atoms with E-state index in [0.717, 1.165) is 51.2 Å². The monoisotopic (exact) mass is 497 g/mol. The highest BCUT2D eigenvalue weighted by Gasteiger charge is 2.23. The molecule has 0 radical (unpaired) electrons. The van der Waals surface area contributed by atoms with E-state index in [2.05, 4.69) is 79.2 Å². The number of carbonyl (C=O) groups excluding carboxylic acids is 1. The van der Waals surface area contributed by atoms with Crippen molar-refractivity contribution in [3.8, 4) is 11.1 Å². The number of aromatic amines is 1. The first-order valence-electron chi connectivity index (χ1n) is 12.7. The van der Waals surface area contributed by atoms with Gasteiger partial charge in [0.05, 0.1) is 12.1 Å². The summed E-state index contributed by atoms with van der Waals surface area (Å²) in [5.41, 5.74) is 9.29. The molecule has 6 rings (SSSR count). The van der Waals surface area contributed by atoms with Crippen molar-refractivity contribution in [2.75, 3.05) is 44.7 Å². The van der Waals surface area contributed by atoms with Gasteiger partial charge in [-0.05, 0) is 47.9 Å². The highest BCUT2D eigenvalue weighted by atomic mass is 16.5. The average molecular weight is 498 g/mol. The van der Waals surface area contributed by atoms with Gasteiger partial charge < -0.3 is 14.8 Å². The van der Waals surface area contributed by atoms with Gasteiger partial charge in [-0.2, -0.15) is 0 Å². The van der Waals surface area contributed by atoms with Crippen LogP contribution in [-0.2, 0) is 19.5 Å². The lowest BCUT2D eigenvalue weighted by Gasteiger charge is -2.32. The highest BCUT2D eigenvalue weighted by molar-refractivity contribution is 5.92. The number of nitrogens with zero attached hydrogens (tertiary/aromatic N) is 5. The molecule has 0 spiro atoms. The summed E-state index contributed by atoms with van der Waals surface area (Å²) in [6, 6.07) is 15.7. The van der Waals surface area contributed by atoms with Crippen LogP contribution in [0.4, 0.5) is 5.95 Å². The molecule has 3 N–H and O–H groups in total. The molecule has 1 amide bonds. The number of piperazine rings is 1. The lowest BCUT2D eigenvalue weighted by atomic mass is 9.98. The fraction of sp³-hybridized carbons (Fsp3) is 0.321. The third-order valence-electron chi connectivity index (χ3n) is 7.55. The summed E-state index contributed by atoms with van der Waals surface area (Å²) < 4.78 is 0. The van der Waals surface area contributed by atoms with Crippen LogP contribution in [0, 0.1) is 0 Å². The molecule has 9 heteroatoms. The molecule has 1 saturated heterocycles. The van der Waals surface area contributed by atoms with Gasteiger partial charge in [0.15, 0.2) is 0 Å². The summed E-state index contributed by atoms with van der Waals surface area (Å²) in [6.45, 7) is 7.00. The van der Waals surface area contributed by atoms with E-state index in [4.69, 9.17) is 5.21 Å². The number of likely N-dealkylation sites (N-methyl/N-ethyl adjacent to an activating group) is 1. The topological polar surface area (TPSA) is 101 Å². The Kier molecular flexibility index (Phi) is 6.33. The van der Waals surface area contributed by atoms with Gasteiger partial charge in [0.25, 0.3) is 5.91 Å². The van der Waals surface area contributed by atoms with Gasteiger partial charge in [-0.15, -0.1) is 0 Å². The lowest BCUT2D eigenvalue weighted by molar-refractivity contribution is 0.0705. The van der Waals surface area contributed by atoms with Gasteiger partial charge in [0.2, 0.25) is 5.95 Å². The molecule has 2 aromatic carbocycles. The maximum Gasteiger partial charge on any atom is 0.277 e. The van der Waals surface area contributed by atoms with Gasteiger partial charge in [0.1, 0.15) is 0 Å². The number of hydroxylamine groups is 1. The zero-order valence-corrected chi connectivity index (χ0v) is 20.9. The van der Waals surface area contributed by atoms with Gasteiger partial charge in [-0.1, -0.05) is 30.3 Å². The Morgan fingerprint density at radius 1 is 1.00 bits per heavy atom. The molecule has 190 valence electrons. The third kappa shape index (κ3) is 4.81. The molecule has 2 aromatic heterocycles. The van der Waals surface area contributed by atoms with E-state index < -0.39 is 5.91 Å². The van der Waals surface area contributed by atoms with Crippen LogP contribution in [0.2, 0.25) is 0 Å². The second-order valence-electron chi connectivity index (χ2n) is 10.0. The molecule has 4 aromatic rings. The quantitative estimate of drug-likeness (QED) is 0.288. The van der Waals surface area contributed by atoms with Gasteiger partial charge in [-0.25, -0.2) is 15.4 Å². The first kappa shape index (κ1) is 23.6. The number of anilines is 1. The number of rotatable bonds is 5. The minimum absolute atomic E-state index is 0.217. The molecule has 0 bridgehead atoms. The average Bonchev–Trinajstić information content (AvgIpc) is 3.31. The van der Waals surface area contributed by atoms with Crippen molar-refractivity contribution in [1.29, 1.82) is 0 Å². The molecular formula is C28H31N7O2. The van der Waals surface area contributed by atoms with E-state index in [0.29, 0.717) is 12.5 Å². The van der Waals surface area contributed by atoms with Crippen LogP contribution in [0.3, 0.4) is 0 Å². The van der Waals surface area contributed by atoms with Crippen LogP contribution < -0.4 is 10.4 Å². The molecule has 0 unspecified atom stereocenters. The second kappa shape index (κ2) is 9.93. The van der Waals surface area contributed by atoms with Crippen LogP contribution in [0.25, 0.3) is 22.0 Å². The molecule has 2 aliphatic heterocycles. The maximum absolute atomic E-state index is 11.5. The van der Waals surface area contributed by atoms with E-state index in [1.54, 1.807) is 5.48 Å². The Balaban J connectivity index is 1.18. The number of aromatic nitrogens is 3. The Labute approximate surface area is 215 Å². The standard InChI is InChI=1S/C28H31N7O2/c1-33-10-12-34(13-11-33)17-19-2-4-20(5-3-19)21-6-7-25-24(14-21)23-8-9-35(18-26(23)31-25)28-29-15-22(16-30-28)27(36)32-37/h2-7,14-16,31,37H,8-13,17-18H2,1H3,(H,32,36). The minimum atomic E-state index is -0.622. The molecule has 4 heterocycles. The molecule has 9 nitrogen and oxygen atoms in total. The normalized spacial score (nSPS) is 16.6. The smallest absolute Gasteiger partial charge is 0.277 e. The fourth-order valence-corrected chi connectivity index (χ4v) is 5.32. The molecule has 37 heavy (non-hydrogen) atoms. The van der Waals surface area contributed by atoms with Crippen LogP contribution in [0.15, 0.2) is 54.9 Å². The molecule has 0 saturated carbocycles. The molecule has 1 fully saturated rings. The third-order valence-corrected chi connectivity index (χ3v) is 7.55. The van der Waals surface area contributed by atoms with Crippen molar-refractivity contribution in [2.45, 2.75) is 19.5 Å². The number of amides is 1. The van der Waals surface area contributed by atoms with Crippen molar-refractivity contribution in [2.24, 2.45) is 0 Å². The number of hydrogen-bond donors (Lipinski definition) is 3. The number of benzene rings is 2. The Morgan fingerprint density at radius 3 is 2.46 bits per heavy atom. The molecule has 2 aliphatic rings. The van der Waals surface area contributed by atoms with Crippen LogP contribution in [0.1, 0.15) is 27.2 Å². The predicted octanol–water partition coefficient (Wildman–Crippen LogP) is 3.05. The number of nitrogens with one attached hydrogen (secondary N) is 2. The van der Waals surface area contributed by atoms with E-state index in [1.807, 2.05) is 0 Å². The molecular weight excluding hydrogens is 466 g/mol. The summed E-state index contributed by atoms with van der Waals surface area (Å²) in [5.74, 6) is -0.0558. The predicted molar refractivity (Wildman–Crippen MR) is 143 cm³/mol. The number of carbonyl (C=O) groups is 1. The summed E-state index contributed by atoms with van der Waals surface area (Å²) in [5, 5.41) is 10.1. The zero-order chi connectivity index (χ0) is 25.4. The van der Waals surface area contributed by atoms with Gasteiger partial charge >= 0.3 is 0 Å². The lowest BCUT2D eigenvalue weighted by Crippen LogP contribution is -2.43. The summed E-state index contributed by atoms with van der Waals surface area (Å²) in [4.78, 5) is 30.8. The molecule has 0 aliphatic carbocycles. The van der Waals surface area contributed by atoms with E-state index in [9.17, 15) is 4.79 Å². The number of hydrogen-bond acceptors (Lipinski definition) is 7. The largest absolute Gasteiger partial charge is 0.357 e. The van der Waals surface area contributed by atoms with Crippen LogP contribution in [-0.4, -0.2) is 75.6 Å². The Bertz CT molecular complexity index is 1410. The molecule has 0 atom stereocenters. The van der Waals surface area contributed by atoms with E-state index >= 15 is 0 Å². The maximum atomic E-state index is 11.5. The van der Waals surface area contributed by atoms with Gasteiger partial charge in [-0.3, -0.25) is 14.9 Å². The number of H-pyrrole nitrogens is 1. The number of fused-ring (bicyclic) bond motifs is 3. The first-order valence-corrected chi connectivity index (χ1v) is 12.7. The van der Waals surface area contributed by atoms with Gasteiger partial charge in [0, 0.05) is 68.3 Å². The van der Waals surface area contributed by atoms with E-state index in [1.165, 1.54) is 45.7 Å². The second-order valence-corrected chi connectivity index (χ2v) is 10.0. The minimum Gasteiger partial charge on any atom is -0.357 e. The summed E-state index contributed by atoms with van der Waals surface area (Å²) in [6.07, 6.45) is 3.74. The Hall–Kier alpha value is -3.79. The summed E-state index contributed by atoms with van der Waals surface area (Å²) in [7, 11) is 2.19. The Morgan fingerprint density at radius 2 is 1.73 bits per heavy atom. The van der Waals surface area contributed by atoms with Crippen molar-refractivity contribution in [3.05, 3.63) is 77.2 Å².